The summed E-state index contributed by atoms with van der Waals surface area (Å²) in [6.45, 7) is 2.31. The second-order valence-corrected chi connectivity index (χ2v) is 7.37. The van der Waals surface area contributed by atoms with Crippen molar-refractivity contribution in [3.8, 4) is 5.75 Å². The van der Waals surface area contributed by atoms with Gasteiger partial charge in [0.2, 0.25) is 5.91 Å². The maximum Gasteiger partial charge on any atom is 0.253 e. The first kappa shape index (κ1) is 21.1. The number of rotatable bonds is 8. The summed E-state index contributed by atoms with van der Waals surface area (Å²) in [6.07, 6.45) is 2.29. The van der Waals surface area contributed by atoms with Crippen LogP contribution in [0, 0.1) is 0 Å². The van der Waals surface area contributed by atoms with Crippen LogP contribution >= 0.6 is 11.6 Å². The summed E-state index contributed by atoms with van der Waals surface area (Å²) in [5.74, 6) is 0.196. The zero-order valence-corrected chi connectivity index (χ0v) is 17.2. The Morgan fingerprint density at radius 3 is 2.48 bits per heavy atom. The highest BCUT2D eigenvalue weighted by Crippen LogP contribution is 2.31. The second kappa shape index (κ2) is 10.3. The first-order valence-corrected chi connectivity index (χ1v) is 10.1. The second-order valence-electron chi connectivity index (χ2n) is 6.97. The summed E-state index contributed by atoms with van der Waals surface area (Å²) in [6, 6.07) is 14.7. The van der Waals surface area contributed by atoms with Crippen LogP contribution in [-0.2, 0) is 4.79 Å². The van der Waals surface area contributed by atoms with Crippen LogP contribution in [0.1, 0.15) is 34.8 Å². The Labute approximate surface area is 176 Å². The van der Waals surface area contributed by atoms with E-state index in [1.807, 2.05) is 24.3 Å². The molecule has 0 saturated carbocycles. The van der Waals surface area contributed by atoms with Crippen molar-refractivity contribution in [3.63, 3.8) is 0 Å². The van der Waals surface area contributed by atoms with Crippen LogP contribution in [-0.4, -0.2) is 50.0 Å². The highest BCUT2D eigenvalue weighted by Gasteiger charge is 2.26. The molecule has 0 unspecified atom stereocenters. The van der Waals surface area contributed by atoms with Crippen molar-refractivity contribution in [1.29, 1.82) is 0 Å². The van der Waals surface area contributed by atoms with E-state index >= 15 is 0 Å². The zero-order valence-electron chi connectivity index (χ0n) is 16.5. The van der Waals surface area contributed by atoms with Crippen LogP contribution in [0.25, 0.3) is 0 Å². The molecule has 1 aliphatic rings. The molecule has 0 aliphatic carbocycles. The van der Waals surface area contributed by atoms with Crippen molar-refractivity contribution in [3.05, 3.63) is 64.7 Å². The number of para-hydroxylation sites is 1. The van der Waals surface area contributed by atoms with Gasteiger partial charge >= 0.3 is 0 Å². The average molecular weight is 416 g/mol. The number of ether oxygens (including phenoxy) is 1. The Bertz CT molecular complexity index is 853. The van der Waals surface area contributed by atoms with Gasteiger partial charge in [0.25, 0.3) is 5.91 Å². The van der Waals surface area contributed by atoms with Gasteiger partial charge in [-0.15, -0.1) is 0 Å². The SMILES string of the molecule is COc1ccccc1[C@@H](CNC(=O)CNC(=O)c1ccccc1Cl)N1CCCC1. The monoisotopic (exact) mass is 415 g/mol. The smallest absolute Gasteiger partial charge is 0.253 e. The van der Waals surface area contributed by atoms with E-state index in [1.54, 1.807) is 31.4 Å². The number of carbonyl (C=O) groups excluding carboxylic acids is 2. The van der Waals surface area contributed by atoms with Crippen molar-refractivity contribution in [1.82, 2.24) is 15.5 Å². The molecule has 3 rings (SSSR count). The van der Waals surface area contributed by atoms with E-state index in [4.69, 9.17) is 16.3 Å². The molecule has 1 saturated heterocycles. The molecule has 2 N–H and O–H groups in total. The van der Waals surface area contributed by atoms with E-state index < -0.39 is 0 Å². The maximum atomic E-state index is 12.4. The van der Waals surface area contributed by atoms with Gasteiger partial charge in [-0.3, -0.25) is 14.5 Å². The molecular formula is C22H26ClN3O3. The predicted molar refractivity (Wildman–Crippen MR) is 113 cm³/mol. The summed E-state index contributed by atoms with van der Waals surface area (Å²) in [7, 11) is 1.66. The van der Waals surface area contributed by atoms with Crippen LogP contribution in [0.4, 0.5) is 0 Å². The minimum Gasteiger partial charge on any atom is -0.496 e. The number of carbonyl (C=O) groups is 2. The fourth-order valence-electron chi connectivity index (χ4n) is 3.60. The third kappa shape index (κ3) is 5.49. The molecule has 6 nitrogen and oxygen atoms in total. The standard InChI is InChI=1S/C22H26ClN3O3/c1-29-20-11-5-3-9-17(20)19(26-12-6-7-13-26)14-24-21(27)15-25-22(28)16-8-2-4-10-18(16)23/h2-5,8-11,19H,6-7,12-15H2,1H3,(H,24,27)(H,25,28)/t19-/m1/s1. The van der Waals surface area contributed by atoms with E-state index in [0.29, 0.717) is 17.1 Å². The molecule has 1 fully saturated rings. The molecule has 154 valence electrons. The molecule has 2 aromatic carbocycles. The first-order chi connectivity index (χ1) is 14.1. The summed E-state index contributed by atoms with van der Waals surface area (Å²) in [5, 5.41) is 5.93. The molecule has 0 aromatic heterocycles. The summed E-state index contributed by atoms with van der Waals surface area (Å²) in [4.78, 5) is 26.9. The number of benzene rings is 2. The Balaban J connectivity index is 1.60. The van der Waals surface area contributed by atoms with Crippen molar-refractivity contribution < 1.29 is 14.3 Å². The average Bonchev–Trinajstić information content (AvgIpc) is 3.27. The van der Waals surface area contributed by atoms with Gasteiger partial charge in [0.15, 0.2) is 0 Å². The van der Waals surface area contributed by atoms with Crippen molar-refractivity contribution in [2.75, 3.05) is 33.3 Å². The van der Waals surface area contributed by atoms with E-state index in [9.17, 15) is 9.59 Å². The number of amides is 2. The van der Waals surface area contributed by atoms with Crippen molar-refractivity contribution in [2.24, 2.45) is 0 Å². The largest absolute Gasteiger partial charge is 0.496 e. The lowest BCUT2D eigenvalue weighted by molar-refractivity contribution is -0.120. The van der Waals surface area contributed by atoms with E-state index in [-0.39, 0.29) is 24.4 Å². The third-order valence-electron chi connectivity index (χ3n) is 5.10. The fraction of sp³-hybridized carbons (Fsp3) is 0.364. The highest BCUT2D eigenvalue weighted by atomic mass is 35.5. The minimum absolute atomic E-state index is 0.0249. The van der Waals surface area contributed by atoms with Crippen LogP contribution in [0.2, 0.25) is 5.02 Å². The number of halogens is 1. The number of hydrogen-bond donors (Lipinski definition) is 2. The summed E-state index contributed by atoms with van der Waals surface area (Å²) < 4.78 is 5.52. The molecule has 0 bridgehead atoms. The van der Waals surface area contributed by atoms with Crippen LogP contribution < -0.4 is 15.4 Å². The van der Waals surface area contributed by atoms with Crippen LogP contribution in [0.15, 0.2) is 48.5 Å². The summed E-state index contributed by atoms with van der Waals surface area (Å²) >= 11 is 6.03. The van der Waals surface area contributed by atoms with Crippen molar-refractivity contribution in [2.45, 2.75) is 18.9 Å². The molecule has 0 spiro atoms. The lowest BCUT2D eigenvalue weighted by Gasteiger charge is -2.29. The molecule has 7 heteroatoms. The Morgan fingerprint density at radius 1 is 1.07 bits per heavy atom. The summed E-state index contributed by atoms with van der Waals surface area (Å²) in [5.41, 5.74) is 1.41. The van der Waals surface area contributed by atoms with Crippen molar-refractivity contribution >= 4 is 23.4 Å². The fourth-order valence-corrected chi connectivity index (χ4v) is 3.83. The minimum atomic E-state index is -0.369. The number of likely N-dealkylation sites (tertiary alicyclic amines) is 1. The van der Waals surface area contributed by atoms with Gasteiger partial charge in [0.05, 0.1) is 30.3 Å². The Hall–Kier alpha value is -2.57. The van der Waals surface area contributed by atoms with E-state index in [2.05, 4.69) is 15.5 Å². The number of nitrogens with zero attached hydrogens (tertiary/aromatic N) is 1. The molecule has 0 radical (unpaired) electrons. The predicted octanol–water partition coefficient (Wildman–Crippen LogP) is 3.03. The molecule has 29 heavy (non-hydrogen) atoms. The zero-order chi connectivity index (χ0) is 20.6. The molecule has 2 aromatic rings. The van der Waals surface area contributed by atoms with Gasteiger partial charge in [0, 0.05) is 12.1 Å². The molecular weight excluding hydrogens is 390 g/mol. The molecule has 1 atom stereocenters. The van der Waals surface area contributed by atoms with Crippen LogP contribution in [0.5, 0.6) is 5.75 Å². The van der Waals surface area contributed by atoms with Gasteiger partial charge < -0.3 is 15.4 Å². The van der Waals surface area contributed by atoms with Gasteiger partial charge in [0.1, 0.15) is 5.75 Å². The molecule has 1 aliphatic heterocycles. The quantitative estimate of drug-likeness (QED) is 0.695. The van der Waals surface area contributed by atoms with E-state index in [0.717, 1.165) is 37.2 Å². The lowest BCUT2D eigenvalue weighted by Crippen LogP contribution is -2.41. The van der Waals surface area contributed by atoms with Crippen LogP contribution in [0.3, 0.4) is 0 Å². The molecule has 2 amide bonds. The first-order valence-electron chi connectivity index (χ1n) is 9.76. The van der Waals surface area contributed by atoms with Gasteiger partial charge in [-0.2, -0.15) is 0 Å². The highest BCUT2D eigenvalue weighted by molar-refractivity contribution is 6.33. The number of hydrogen-bond acceptors (Lipinski definition) is 4. The van der Waals surface area contributed by atoms with Gasteiger partial charge in [-0.1, -0.05) is 41.9 Å². The normalized spacial score (nSPS) is 15.0. The lowest BCUT2D eigenvalue weighted by atomic mass is 10.0. The number of methoxy groups -OCH3 is 1. The topological polar surface area (TPSA) is 70.7 Å². The van der Waals surface area contributed by atoms with Gasteiger partial charge in [-0.05, 0) is 44.1 Å². The Morgan fingerprint density at radius 2 is 1.76 bits per heavy atom. The van der Waals surface area contributed by atoms with E-state index in [1.165, 1.54) is 0 Å². The Kier molecular flexibility index (Phi) is 7.49. The third-order valence-corrected chi connectivity index (χ3v) is 5.43. The van der Waals surface area contributed by atoms with Gasteiger partial charge in [-0.25, -0.2) is 0 Å². The maximum absolute atomic E-state index is 12.4. The number of nitrogens with one attached hydrogen (secondary N) is 2. The molecule has 1 heterocycles.